The van der Waals surface area contributed by atoms with Gasteiger partial charge in [-0.25, -0.2) is 5.43 Å². The molecule has 1 aliphatic carbocycles. The number of benzene rings is 2. The second-order valence-corrected chi connectivity index (χ2v) is 6.70. The summed E-state index contributed by atoms with van der Waals surface area (Å²) in [6.07, 6.45) is 3.51. The summed E-state index contributed by atoms with van der Waals surface area (Å²) in [6, 6.07) is 16.3. The summed E-state index contributed by atoms with van der Waals surface area (Å²) in [5.41, 5.74) is 10.4. The van der Waals surface area contributed by atoms with Crippen LogP contribution in [0.2, 0.25) is 0 Å². The summed E-state index contributed by atoms with van der Waals surface area (Å²) in [7, 11) is 0. The molecule has 0 bridgehead atoms. The molecule has 4 N–H and O–H groups in total. The van der Waals surface area contributed by atoms with Gasteiger partial charge in [0.1, 0.15) is 0 Å². The maximum absolute atomic E-state index is 12.0. The molecule has 3 rings (SSSR count). The molecule has 0 spiro atoms. The molecule has 1 saturated carbocycles. The lowest BCUT2D eigenvalue weighted by molar-refractivity contribution is -0.136. The number of rotatable bonds is 4. The van der Waals surface area contributed by atoms with Crippen LogP contribution >= 0.6 is 0 Å². The molecule has 28 heavy (non-hydrogen) atoms. The molecule has 7 nitrogen and oxygen atoms in total. The summed E-state index contributed by atoms with van der Waals surface area (Å²) in [5, 5.41) is 6.56. The minimum absolute atomic E-state index is 0.319. The summed E-state index contributed by atoms with van der Waals surface area (Å²) >= 11 is 0. The number of hydrogen-bond donors (Lipinski definition) is 3. The Morgan fingerprint density at radius 1 is 0.893 bits per heavy atom. The van der Waals surface area contributed by atoms with Gasteiger partial charge in [-0.05, 0) is 61.4 Å². The number of primary amides is 1. The van der Waals surface area contributed by atoms with Gasteiger partial charge in [0.05, 0.1) is 0 Å². The second kappa shape index (κ2) is 8.94. The highest BCUT2D eigenvalue weighted by atomic mass is 16.2. The first kappa shape index (κ1) is 19.3. The summed E-state index contributed by atoms with van der Waals surface area (Å²) in [6.45, 7) is 0. The molecule has 1 aliphatic rings. The molecule has 0 aliphatic heterocycles. The van der Waals surface area contributed by atoms with E-state index in [0.29, 0.717) is 17.2 Å². The third-order valence-electron chi connectivity index (χ3n) is 4.78. The summed E-state index contributed by atoms with van der Waals surface area (Å²) in [4.78, 5) is 34.9. The number of carbonyl (C=O) groups excluding carboxylic acids is 3. The number of hydrogen-bond acceptors (Lipinski definition) is 4. The van der Waals surface area contributed by atoms with Gasteiger partial charge in [-0.2, -0.15) is 5.10 Å². The van der Waals surface area contributed by atoms with Gasteiger partial charge in [0.15, 0.2) is 0 Å². The Morgan fingerprint density at radius 3 is 2.14 bits per heavy atom. The highest BCUT2D eigenvalue weighted by molar-refractivity contribution is 6.39. The lowest BCUT2D eigenvalue weighted by Crippen LogP contribution is -2.33. The third kappa shape index (κ3) is 5.03. The minimum atomic E-state index is -0.836. The fourth-order valence-electron chi connectivity index (χ4n) is 3.21. The van der Waals surface area contributed by atoms with E-state index in [9.17, 15) is 14.4 Å². The number of carbonyl (C=O) groups is 3. The molecular formula is C21H22N4O3. The van der Waals surface area contributed by atoms with Gasteiger partial charge in [-0.3, -0.25) is 14.4 Å². The molecule has 0 unspecified atom stereocenters. The van der Waals surface area contributed by atoms with Crippen molar-refractivity contribution in [2.45, 2.75) is 31.6 Å². The van der Waals surface area contributed by atoms with Crippen LogP contribution < -0.4 is 16.5 Å². The first-order chi connectivity index (χ1) is 13.5. The molecular weight excluding hydrogens is 356 g/mol. The number of nitrogens with one attached hydrogen (secondary N) is 2. The van der Waals surface area contributed by atoms with Crippen molar-refractivity contribution >= 4 is 29.1 Å². The average molecular weight is 378 g/mol. The number of nitrogens with zero attached hydrogens (tertiary/aromatic N) is 1. The molecule has 2 aromatic rings. The van der Waals surface area contributed by atoms with Crippen LogP contribution in [0, 0.1) is 0 Å². The zero-order chi connectivity index (χ0) is 19.9. The smallest absolute Gasteiger partial charge is 0.329 e. The quantitative estimate of drug-likeness (QED) is 0.561. The molecule has 2 aromatic carbocycles. The SMILES string of the molecule is NC(=O)c1ccc(NC(=O)C(=O)NN=C2CCC(c3ccccc3)CC2)cc1. The number of amides is 3. The van der Waals surface area contributed by atoms with Crippen LogP contribution in [-0.4, -0.2) is 23.4 Å². The molecule has 144 valence electrons. The Labute approximate surface area is 163 Å². The normalized spacial score (nSPS) is 16.1. The van der Waals surface area contributed by atoms with Gasteiger partial charge in [0.25, 0.3) is 0 Å². The first-order valence-corrected chi connectivity index (χ1v) is 9.14. The zero-order valence-electron chi connectivity index (χ0n) is 15.4. The van der Waals surface area contributed by atoms with Crippen molar-refractivity contribution in [2.75, 3.05) is 5.32 Å². The zero-order valence-corrected chi connectivity index (χ0v) is 15.4. The van der Waals surface area contributed by atoms with E-state index in [1.807, 2.05) is 18.2 Å². The van der Waals surface area contributed by atoms with E-state index < -0.39 is 17.7 Å². The molecule has 1 fully saturated rings. The van der Waals surface area contributed by atoms with Crippen molar-refractivity contribution in [3.8, 4) is 0 Å². The highest BCUT2D eigenvalue weighted by Crippen LogP contribution is 2.31. The van der Waals surface area contributed by atoms with Gasteiger partial charge in [-0.1, -0.05) is 30.3 Å². The molecule has 0 atom stereocenters. The minimum Gasteiger partial charge on any atom is -0.366 e. The fourth-order valence-corrected chi connectivity index (χ4v) is 3.21. The first-order valence-electron chi connectivity index (χ1n) is 9.14. The summed E-state index contributed by atoms with van der Waals surface area (Å²) in [5.74, 6) is -1.72. The lowest BCUT2D eigenvalue weighted by atomic mass is 9.83. The Morgan fingerprint density at radius 2 is 1.54 bits per heavy atom. The second-order valence-electron chi connectivity index (χ2n) is 6.70. The van der Waals surface area contributed by atoms with Crippen LogP contribution in [0.4, 0.5) is 5.69 Å². The lowest BCUT2D eigenvalue weighted by Gasteiger charge is -2.23. The Bertz CT molecular complexity index is 882. The standard InChI is InChI=1S/C21H22N4O3/c22-19(26)16-8-10-17(11-9-16)23-20(27)21(28)25-24-18-12-6-15(7-13-18)14-4-2-1-3-5-14/h1-5,8-11,15H,6-7,12-13H2,(H2,22,26)(H,23,27)(H,25,28). The van der Waals surface area contributed by atoms with Gasteiger partial charge in [-0.15, -0.1) is 0 Å². The van der Waals surface area contributed by atoms with E-state index in [-0.39, 0.29) is 0 Å². The van der Waals surface area contributed by atoms with Gasteiger partial charge < -0.3 is 11.1 Å². The van der Waals surface area contributed by atoms with Crippen LogP contribution in [0.25, 0.3) is 0 Å². The molecule has 0 radical (unpaired) electrons. The maximum atomic E-state index is 12.0. The number of hydrazone groups is 1. The van der Waals surface area contributed by atoms with Gasteiger partial charge >= 0.3 is 11.8 Å². The number of nitrogens with two attached hydrogens (primary N) is 1. The monoisotopic (exact) mass is 378 g/mol. The Balaban J connectivity index is 1.48. The van der Waals surface area contributed by atoms with Crippen LogP contribution in [0.5, 0.6) is 0 Å². The average Bonchev–Trinajstić information content (AvgIpc) is 2.73. The van der Waals surface area contributed by atoms with E-state index in [1.54, 1.807) is 0 Å². The Kier molecular flexibility index (Phi) is 6.16. The van der Waals surface area contributed by atoms with Gasteiger partial charge in [0.2, 0.25) is 5.91 Å². The maximum Gasteiger partial charge on any atom is 0.329 e. The molecule has 0 heterocycles. The van der Waals surface area contributed by atoms with Crippen molar-refractivity contribution in [3.05, 3.63) is 65.7 Å². The third-order valence-corrected chi connectivity index (χ3v) is 4.78. The van der Waals surface area contributed by atoms with E-state index in [2.05, 4.69) is 28.0 Å². The van der Waals surface area contributed by atoms with Gasteiger partial charge in [0, 0.05) is 17.0 Å². The largest absolute Gasteiger partial charge is 0.366 e. The van der Waals surface area contributed by atoms with Crippen molar-refractivity contribution in [1.29, 1.82) is 0 Å². The molecule has 0 aromatic heterocycles. The van der Waals surface area contributed by atoms with E-state index in [4.69, 9.17) is 5.73 Å². The van der Waals surface area contributed by atoms with E-state index >= 15 is 0 Å². The Hall–Kier alpha value is -3.48. The van der Waals surface area contributed by atoms with Crippen molar-refractivity contribution in [1.82, 2.24) is 5.43 Å². The summed E-state index contributed by atoms with van der Waals surface area (Å²) < 4.78 is 0. The van der Waals surface area contributed by atoms with Crippen molar-refractivity contribution < 1.29 is 14.4 Å². The molecule has 3 amide bonds. The fraction of sp³-hybridized carbons (Fsp3) is 0.238. The van der Waals surface area contributed by atoms with Crippen LogP contribution in [-0.2, 0) is 9.59 Å². The van der Waals surface area contributed by atoms with Crippen molar-refractivity contribution in [3.63, 3.8) is 0 Å². The van der Waals surface area contributed by atoms with Crippen molar-refractivity contribution in [2.24, 2.45) is 10.8 Å². The molecule has 0 saturated heterocycles. The van der Waals surface area contributed by atoms with E-state index in [0.717, 1.165) is 31.4 Å². The van der Waals surface area contributed by atoms with E-state index in [1.165, 1.54) is 29.8 Å². The highest BCUT2D eigenvalue weighted by Gasteiger charge is 2.20. The topological polar surface area (TPSA) is 114 Å². The van der Waals surface area contributed by atoms with Crippen LogP contribution in [0.15, 0.2) is 59.7 Å². The molecule has 7 heteroatoms. The van der Waals surface area contributed by atoms with Crippen LogP contribution in [0.3, 0.4) is 0 Å². The predicted molar refractivity (Wildman–Crippen MR) is 107 cm³/mol. The number of anilines is 1. The predicted octanol–water partition coefficient (Wildman–Crippen LogP) is 2.55. The van der Waals surface area contributed by atoms with Crippen LogP contribution in [0.1, 0.15) is 47.5 Å².